The fourth-order valence-electron chi connectivity index (χ4n) is 2.86. The van der Waals surface area contributed by atoms with E-state index in [1.807, 2.05) is 0 Å². The van der Waals surface area contributed by atoms with E-state index in [9.17, 15) is 17.6 Å². The Morgan fingerprint density at radius 1 is 1.00 bits per heavy atom. The number of fused-ring (bicyclic) bond motifs is 1. The van der Waals surface area contributed by atoms with Gasteiger partial charge in [-0.1, -0.05) is 6.07 Å². The minimum atomic E-state index is -4.67. The Morgan fingerprint density at radius 3 is 2.39 bits per heavy atom. The van der Waals surface area contributed by atoms with Gasteiger partial charge < -0.3 is 10.1 Å². The Morgan fingerprint density at radius 2 is 1.74 bits per heavy atom. The highest BCUT2D eigenvalue weighted by molar-refractivity contribution is 5.58. The van der Waals surface area contributed by atoms with Gasteiger partial charge in [-0.2, -0.15) is 17.7 Å². The molecule has 31 heavy (non-hydrogen) atoms. The summed E-state index contributed by atoms with van der Waals surface area (Å²) < 4.78 is 58.7. The zero-order valence-electron chi connectivity index (χ0n) is 16.4. The highest BCUT2D eigenvalue weighted by Gasteiger charge is 2.38. The molecule has 11 heteroatoms. The van der Waals surface area contributed by atoms with Crippen molar-refractivity contribution in [2.75, 3.05) is 5.32 Å². The van der Waals surface area contributed by atoms with Crippen molar-refractivity contribution >= 4 is 11.5 Å². The second kappa shape index (κ2) is 7.82. The summed E-state index contributed by atoms with van der Waals surface area (Å²) in [7, 11) is 0. The van der Waals surface area contributed by atoms with Gasteiger partial charge in [0.15, 0.2) is 11.5 Å². The van der Waals surface area contributed by atoms with Crippen molar-refractivity contribution < 1.29 is 22.3 Å². The molecular weight excluding hydrogens is 416 g/mol. The van der Waals surface area contributed by atoms with Gasteiger partial charge in [0.1, 0.15) is 11.6 Å². The summed E-state index contributed by atoms with van der Waals surface area (Å²) >= 11 is 0. The molecule has 1 N–H and O–H groups in total. The monoisotopic (exact) mass is 432 g/mol. The molecule has 0 atom stereocenters. The normalized spacial score (nSPS) is 11.7. The highest BCUT2D eigenvalue weighted by atomic mass is 19.4. The first-order chi connectivity index (χ1) is 14.7. The predicted molar refractivity (Wildman–Crippen MR) is 103 cm³/mol. The summed E-state index contributed by atoms with van der Waals surface area (Å²) in [6.07, 6.45) is -3.11. The molecule has 0 radical (unpaired) electrons. The number of nitrogens with zero attached hydrogens (tertiary/aromatic N) is 5. The van der Waals surface area contributed by atoms with Gasteiger partial charge in [0, 0.05) is 24.4 Å². The summed E-state index contributed by atoms with van der Waals surface area (Å²) in [5.74, 6) is -0.508. The molecule has 0 saturated heterocycles. The third-order valence-corrected chi connectivity index (χ3v) is 4.64. The number of anilines is 1. The number of halogens is 4. The second-order valence-corrected chi connectivity index (χ2v) is 6.77. The molecule has 0 amide bonds. The van der Waals surface area contributed by atoms with E-state index in [0.29, 0.717) is 27.3 Å². The van der Waals surface area contributed by atoms with Crippen LogP contribution < -0.4 is 10.1 Å². The lowest BCUT2D eigenvalue weighted by Gasteiger charge is -2.13. The predicted octanol–water partition coefficient (Wildman–Crippen LogP) is 4.70. The first-order valence-electron chi connectivity index (χ1n) is 9.14. The average Bonchev–Trinajstić information content (AvgIpc) is 3.17. The van der Waals surface area contributed by atoms with Crippen LogP contribution in [0.25, 0.3) is 5.65 Å². The first-order valence-corrected chi connectivity index (χ1v) is 9.14. The second-order valence-electron chi connectivity index (χ2n) is 6.77. The number of nitrogens with one attached hydrogen (secondary N) is 1. The maximum atomic E-state index is 13.2. The van der Waals surface area contributed by atoms with Gasteiger partial charge in [0.2, 0.25) is 5.88 Å². The van der Waals surface area contributed by atoms with E-state index in [1.54, 1.807) is 32.2 Å². The SMILES string of the molecule is Cc1c(NCc2ccc(Oc3ccc(F)cc3)nc2)nn2c(C(F)(F)F)nnc2c1C. The molecule has 0 aliphatic rings. The van der Waals surface area contributed by atoms with Gasteiger partial charge in [-0.05, 0) is 49.2 Å². The zero-order valence-corrected chi connectivity index (χ0v) is 16.4. The third-order valence-electron chi connectivity index (χ3n) is 4.64. The molecule has 0 aliphatic carbocycles. The first kappa shape index (κ1) is 20.5. The number of hydrogen-bond donors (Lipinski definition) is 1. The zero-order chi connectivity index (χ0) is 22.2. The Labute approximate surface area is 173 Å². The van der Waals surface area contributed by atoms with Crippen LogP contribution in [0.1, 0.15) is 22.5 Å². The highest BCUT2D eigenvalue weighted by Crippen LogP contribution is 2.30. The summed E-state index contributed by atoms with van der Waals surface area (Å²) in [6, 6.07) is 8.92. The number of aryl methyl sites for hydroxylation is 1. The number of rotatable bonds is 5. The maximum Gasteiger partial charge on any atom is 0.453 e. The number of ether oxygens (including phenoxy) is 1. The van der Waals surface area contributed by atoms with Crippen LogP contribution in [0.3, 0.4) is 0 Å². The largest absolute Gasteiger partial charge is 0.453 e. The molecule has 0 unspecified atom stereocenters. The van der Waals surface area contributed by atoms with Gasteiger partial charge in [-0.15, -0.1) is 15.3 Å². The molecule has 0 spiro atoms. The van der Waals surface area contributed by atoms with Crippen molar-refractivity contribution in [1.82, 2.24) is 24.8 Å². The van der Waals surface area contributed by atoms with Crippen molar-refractivity contribution in [3.05, 3.63) is 70.9 Å². The van der Waals surface area contributed by atoms with Crippen LogP contribution in [0.2, 0.25) is 0 Å². The standard InChI is InChI=1S/C20H16F4N6O/c1-11-12(2)18-27-28-19(20(22,23)24)30(18)29-17(11)26-10-13-3-8-16(25-9-13)31-15-6-4-14(21)5-7-15/h3-9H,10H2,1-2H3,(H,26,29). The van der Waals surface area contributed by atoms with E-state index in [4.69, 9.17) is 4.74 Å². The molecule has 4 aromatic rings. The van der Waals surface area contributed by atoms with Crippen LogP contribution >= 0.6 is 0 Å². The summed E-state index contributed by atoms with van der Waals surface area (Å²) in [5, 5.41) is 13.9. The molecule has 3 heterocycles. The van der Waals surface area contributed by atoms with Crippen molar-refractivity contribution in [2.24, 2.45) is 0 Å². The molecule has 0 bridgehead atoms. The molecule has 1 aromatic carbocycles. The van der Waals surface area contributed by atoms with E-state index in [0.717, 1.165) is 5.56 Å². The Kier molecular flexibility index (Phi) is 5.17. The van der Waals surface area contributed by atoms with E-state index in [2.05, 4.69) is 25.6 Å². The number of benzene rings is 1. The molecule has 0 saturated carbocycles. The fraction of sp³-hybridized carbons (Fsp3) is 0.200. The maximum absolute atomic E-state index is 13.2. The molecule has 0 aliphatic heterocycles. The number of aromatic nitrogens is 5. The fourth-order valence-corrected chi connectivity index (χ4v) is 2.86. The molecule has 160 valence electrons. The number of pyridine rings is 1. The number of hydrogen-bond acceptors (Lipinski definition) is 6. The van der Waals surface area contributed by atoms with Crippen LogP contribution in [0.4, 0.5) is 23.4 Å². The van der Waals surface area contributed by atoms with Gasteiger partial charge >= 0.3 is 6.18 Å². The molecule has 7 nitrogen and oxygen atoms in total. The van der Waals surface area contributed by atoms with Crippen LogP contribution in [0, 0.1) is 19.7 Å². The number of alkyl halides is 3. The van der Waals surface area contributed by atoms with Crippen LogP contribution in [-0.2, 0) is 12.7 Å². The summed E-state index contributed by atoms with van der Waals surface area (Å²) in [6.45, 7) is 3.67. The van der Waals surface area contributed by atoms with Gasteiger partial charge in [0.05, 0.1) is 0 Å². The Bertz CT molecular complexity index is 1220. The van der Waals surface area contributed by atoms with Gasteiger partial charge in [-0.3, -0.25) is 0 Å². The summed E-state index contributed by atoms with van der Waals surface area (Å²) in [5.41, 5.74) is 2.02. The molecule has 3 aromatic heterocycles. The quantitative estimate of drug-likeness (QED) is 0.461. The molecular formula is C20H16F4N6O. The van der Waals surface area contributed by atoms with E-state index in [1.165, 1.54) is 24.3 Å². The van der Waals surface area contributed by atoms with E-state index in [-0.39, 0.29) is 23.8 Å². The third kappa shape index (κ3) is 4.25. The van der Waals surface area contributed by atoms with Gasteiger partial charge in [0.25, 0.3) is 5.82 Å². The average molecular weight is 432 g/mol. The van der Waals surface area contributed by atoms with Crippen LogP contribution in [0.15, 0.2) is 42.6 Å². The lowest BCUT2D eigenvalue weighted by atomic mass is 10.2. The summed E-state index contributed by atoms with van der Waals surface area (Å²) in [4.78, 5) is 4.19. The van der Waals surface area contributed by atoms with Gasteiger partial charge in [-0.25, -0.2) is 9.37 Å². The van der Waals surface area contributed by atoms with Crippen molar-refractivity contribution in [3.8, 4) is 11.6 Å². The molecule has 4 rings (SSSR count). The lowest BCUT2D eigenvalue weighted by molar-refractivity contribution is -0.146. The topological polar surface area (TPSA) is 77.2 Å². The van der Waals surface area contributed by atoms with E-state index < -0.39 is 12.0 Å². The minimum absolute atomic E-state index is 0.0549. The Hall–Kier alpha value is -3.76. The van der Waals surface area contributed by atoms with Crippen molar-refractivity contribution in [3.63, 3.8) is 0 Å². The van der Waals surface area contributed by atoms with Crippen molar-refractivity contribution in [2.45, 2.75) is 26.6 Å². The van der Waals surface area contributed by atoms with Crippen LogP contribution in [0.5, 0.6) is 11.6 Å². The van der Waals surface area contributed by atoms with E-state index >= 15 is 0 Å². The van der Waals surface area contributed by atoms with Crippen molar-refractivity contribution in [1.29, 1.82) is 0 Å². The molecule has 0 fully saturated rings. The minimum Gasteiger partial charge on any atom is -0.439 e. The lowest BCUT2D eigenvalue weighted by Crippen LogP contribution is -2.15. The van der Waals surface area contributed by atoms with Crippen LogP contribution in [-0.4, -0.2) is 24.8 Å². The smallest absolute Gasteiger partial charge is 0.439 e. The Balaban J connectivity index is 1.51.